The third kappa shape index (κ3) is 4.89. The lowest BCUT2D eigenvalue weighted by Crippen LogP contribution is -2.47. The Hall–Kier alpha value is -1.48. The molecule has 3 N–H and O–H groups in total. The van der Waals surface area contributed by atoms with Crippen LogP contribution >= 0.6 is 0 Å². The summed E-state index contributed by atoms with van der Waals surface area (Å²) in [6.07, 6.45) is 3.12. The molecule has 0 aliphatic carbocycles. The number of rotatable bonds is 6. The predicted octanol–water partition coefficient (Wildman–Crippen LogP) is -1.37. The van der Waals surface area contributed by atoms with Crippen molar-refractivity contribution < 1.29 is 13.2 Å². The van der Waals surface area contributed by atoms with Gasteiger partial charge < -0.3 is 10.6 Å². The van der Waals surface area contributed by atoms with Gasteiger partial charge in [-0.1, -0.05) is 0 Å². The van der Waals surface area contributed by atoms with E-state index in [-0.39, 0.29) is 29.9 Å². The van der Waals surface area contributed by atoms with E-state index in [0.29, 0.717) is 13.1 Å². The quantitative estimate of drug-likeness (QED) is 0.558. The first kappa shape index (κ1) is 14.9. The molecule has 1 saturated heterocycles. The number of sulfone groups is 1. The first-order valence-corrected chi connectivity index (χ1v) is 8.42. The molecule has 2 heterocycles. The van der Waals surface area contributed by atoms with Crippen LogP contribution in [0.3, 0.4) is 0 Å². The number of hydrogen-bond donors (Lipinski definition) is 3. The van der Waals surface area contributed by atoms with Crippen LogP contribution in [0.1, 0.15) is 18.7 Å². The van der Waals surface area contributed by atoms with Crippen LogP contribution in [0.25, 0.3) is 0 Å². The fourth-order valence-electron chi connectivity index (χ4n) is 2.13. The van der Waals surface area contributed by atoms with E-state index in [1.54, 1.807) is 0 Å². The zero-order valence-corrected chi connectivity index (χ0v) is 11.9. The van der Waals surface area contributed by atoms with E-state index in [9.17, 15) is 13.2 Å². The van der Waals surface area contributed by atoms with Gasteiger partial charge in [0.2, 0.25) is 5.91 Å². The van der Waals surface area contributed by atoms with E-state index in [1.807, 2.05) is 0 Å². The normalized spacial score (nSPS) is 21.5. The van der Waals surface area contributed by atoms with Crippen LogP contribution in [0.4, 0.5) is 0 Å². The molecule has 1 fully saturated rings. The van der Waals surface area contributed by atoms with Gasteiger partial charge in [-0.25, -0.2) is 13.4 Å². The molecule has 1 aromatic heterocycles. The molecule has 1 aromatic rings. The minimum absolute atomic E-state index is 0.0402. The molecular weight excluding hydrogens is 282 g/mol. The number of carbonyl (C=O) groups is 1. The molecular formula is C11H19N5O3S. The molecule has 8 nitrogen and oxygen atoms in total. The molecule has 0 radical (unpaired) electrons. The molecule has 0 bridgehead atoms. The van der Waals surface area contributed by atoms with Gasteiger partial charge in [0.25, 0.3) is 0 Å². The number of aryl methyl sites for hydroxylation is 1. The van der Waals surface area contributed by atoms with Gasteiger partial charge in [-0.05, 0) is 6.42 Å². The summed E-state index contributed by atoms with van der Waals surface area (Å²) in [6.45, 7) is 0.963. The zero-order chi connectivity index (χ0) is 14.4. The minimum Gasteiger partial charge on any atom is -0.356 e. The second kappa shape index (κ2) is 6.80. The summed E-state index contributed by atoms with van der Waals surface area (Å²) in [4.78, 5) is 15.7. The summed E-state index contributed by atoms with van der Waals surface area (Å²) in [7, 11) is -2.99. The average molecular weight is 301 g/mol. The van der Waals surface area contributed by atoms with Crippen molar-refractivity contribution in [2.75, 3.05) is 24.6 Å². The average Bonchev–Trinajstić information content (AvgIpc) is 2.86. The lowest BCUT2D eigenvalue weighted by atomic mass is 10.2. The number of aromatic nitrogens is 3. The van der Waals surface area contributed by atoms with Gasteiger partial charge in [0.1, 0.15) is 12.2 Å². The van der Waals surface area contributed by atoms with E-state index in [1.165, 1.54) is 6.33 Å². The van der Waals surface area contributed by atoms with Gasteiger partial charge in [0, 0.05) is 32.0 Å². The highest BCUT2D eigenvalue weighted by atomic mass is 32.2. The van der Waals surface area contributed by atoms with Crippen molar-refractivity contribution in [1.82, 2.24) is 25.8 Å². The Labute approximate surface area is 117 Å². The molecule has 9 heteroatoms. The van der Waals surface area contributed by atoms with Crippen LogP contribution in [-0.2, 0) is 21.1 Å². The second-order valence-corrected chi connectivity index (χ2v) is 7.08. The number of nitrogens with one attached hydrogen (secondary N) is 3. The van der Waals surface area contributed by atoms with E-state index in [0.717, 1.165) is 18.7 Å². The first-order chi connectivity index (χ1) is 9.55. The highest BCUT2D eigenvalue weighted by molar-refractivity contribution is 7.91. The monoisotopic (exact) mass is 301 g/mol. The highest BCUT2D eigenvalue weighted by Gasteiger charge is 2.25. The van der Waals surface area contributed by atoms with Gasteiger partial charge >= 0.3 is 0 Å². The Morgan fingerprint density at radius 3 is 3.05 bits per heavy atom. The van der Waals surface area contributed by atoms with Crippen LogP contribution in [0.5, 0.6) is 0 Å². The molecule has 1 aliphatic rings. The largest absolute Gasteiger partial charge is 0.356 e. The minimum atomic E-state index is -2.99. The lowest BCUT2D eigenvalue weighted by Gasteiger charge is -2.23. The molecule has 20 heavy (non-hydrogen) atoms. The molecule has 2 rings (SSSR count). The van der Waals surface area contributed by atoms with E-state index < -0.39 is 9.84 Å². The van der Waals surface area contributed by atoms with Crippen LogP contribution in [-0.4, -0.2) is 60.1 Å². The Balaban J connectivity index is 1.63. The van der Waals surface area contributed by atoms with Crippen molar-refractivity contribution in [3.8, 4) is 0 Å². The van der Waals surface area contributed by atoms with E-state index in [4.69, 9.17) is 0 Å². The van der Waals surface area contributed by atoms with Gasteiger partial charge in [-0.2, -0.15) is 5.10 Å². The Morgan fingerprint density at radius 1 is 1.50 bits per heavy atom. The van der Waals surface area contributed by atoms with E-state index >= 15 is 0 Å². The molecule has 0 spiro atoms. The maximum Gasteiger partial charge on any atom is 0.221 e. The second-order valence-electron chi connectivity index (χ2n) is 4.86. The number of nitrogens with zero attached hydrogens (tertiary/aromatic N) is 2. The molecule has 1 unspecified atom stereocenters. The Morgan fingerprint density at radius 2 is 2.35 bits per heavy atom. The van der Waals surface area contributed by atoms with Crippen molar-refractivity contribution in [2.45, 2.75) is 25.3 Å². The van der Waals surface area contributed by atoms with Crippen molar-refractivity contribution in [1.29, 1.82) is 0 Å². The number of aromatic amines is 1. The van der Waals surface area contributed by atoms with Gasteiger partial charge in [-0.15, -0.1) is 0 Å². The van der Waals surface area contributed by atoms with Gasteiger partial charge in [0.15, 0.2) is 9.84 Å². The topological polar surface area (TPSA) is 117 Å². The lowest BCUT2D eigenvalue weighted by molar-refractivity contribution is -0.121. The van der Waals surface area contributed by atoms with Crippen molar-refractivity contribution >= 4 is 15.7 Å². The summed E-state index contributed by atoms with van der Waals surface area (Å²) >= 11 is 0. The summed E-state index contributed by atoms with van der Waals surface area (Å²) in [6, 6.07) is -0.275. The van der Waals surface area contributed by atoms with Crippen molar-refractivity contribution in [3.63, 3.8) is 0 Å². The third-order valence-electron chi connectivity index (χ3n) is 3.11. The maximum absolute atomic E-state index is 11.7. The summed E-state index contributed by atoms with van der Waals surface area (Å²) < 4.78 is 22.9. The molecule has 1 amide bonds. The van der Waals surface area contributed by atoms with Crippen LogP contribution in [0.2, 0.25) is 0 Å². The highest BCUT2D eigenvalue weighted by Crippen LogP contribution is 2.04. The SMILES string of the molecule is O=C(CC1CS(=O)(=O)CCN1)NCCCc1ncn[nH]1. The first-order valence-electron chi connectivity index (χ1n) is 6.60. The smallest absolute Gasteiger partial charge is 0.221 e. The summed E-state index contributed by atoms with van der Waals surface area (Å²) in [5, 5.41) is 12.3. The molecule has 0 aromatic carbocycles. The van der Waals surface area contributed by atoms with Gasteiger partial charge in [-0.3, -0.25) is 9.89 Å². The fourth-order valence-corrected chi connectivity index (χ4v) is 3.57. The Kier molecular flexibility index (Phi) is 5.07. The number of hydrogen-bond acceptors (Lipinski definition) is 6. The fraction of sp³-hybridized carbons (Fsp3) is 0.727. The number of H-pyrrole nitrogens is 1. The third-order valence-corrected chi connectivity index (χ3v) is 4.85. The molecule has 0 saturated carbocycles. The number of amides is 1. The molecule has 1 aliphatic heterocycles. The molecule has 112 valence electrons. The van der Waals surface area contributed by atoms with Crippen LogP contribution < -0.4 is 10.6 Å². The summed E-state index contributed by atoms with van der Waals surface area (Å²) in [5.41, 5.74) is 0. The predicted molar refractivity (Wildman–Crippen MR) is 72.8 cm³/mol. The van der Waals surface area contributed by atoms with Gasteiger partial charge in [0.05, 0.1) is 11.5 Å². The van der Waals surface area contributed by atoms with Crippen molar-refractivity contribution in [3.05, 3.63) is 12.2 Å². The van der Waals surface area contributed by atoms with E-state index in [2.05, 4.69) is 25.8 Å². The van der Waals surface area contributed by atoms with Crippen molar-refractivity contribution in [2.24, 2.45) is 0 Å². The standard InChI is InChI=1S/C11H19N5O3S/c17-11(6-9-7-20(18,19)5-4-12-9)13-3-1-2-10-14-8-15-16-10/h8-9,12H,1-7H2,(H,13,17)(H,14,15,16). The summed E-state index contributed by atoms with van der Waals surface area (Å²) in [5.74, 6) is 0.859. The van der Waals surface area contributed by atoms with Crippen LogP contribution in [0, 0.1) is 0 Å². The maximum atomic E-state index is 11.7. The molecule has 1 atom stereocenters. The van der Waals surface area contributed by atoms with Crippen LogP contribution in [0.15, 0.2) is 6.33 Å². The zero-order valence-electron chi connectivity index (χ0n) is 11.1. The number of carbonyl (C=O) groups excluding carboxylic acids is 1. The Bertz CT molecular complexity index is 528.